The van der Waals surface area contributed by atoms with Gasteiger partial charge in [0.05, 0.1) is 0 Å². The average Bonchev–Trinajstić information content (AvgIpc) is 2.85. The molecule has 0 spiro atoms. The SMILES string of the molecule is Cc1c(C(=O)NC2CCN(C(C)C)CC2)[nH]c2ccccc12. The molecule has 0 aliphatic carbocycles. The van der Waals surface area contributed by atoms with Crippen LogP contribution in [0.5, 0.6) is 0 Å². The Kier molecular flexibility index (Phi) is 4.21. The third-order valence-corrected chi connectivity index (χ3v) is 4.79. The standard InChI is InChI=1S/C18H25N3O/c1-12(2)21-10-8-14(9-11-21)19-18(22)17-13(3)15-6-4-5-7-16(15)20-17/h4-7,12,14,20H,8-11H2,1-3H3,(H,19,22). The summed E-state index contributed by atoms with van der Waals surface area (Å²) in [6.07, 6.45) is 2.06. The number of piperidine rings is 1. The number of para-hydroxylation sites is 1. The van der Waals surface area contributed by atoms with E-state index in [4.69, 9.17) is 0 Å². The molecule has 1 aromatic heterocycles. The van der Waals surface area contributed by atoms with Gasteiger partial charge in [-0.1, -0.05) is 18.2 Å². The molecular weight excluding hydrogens is 274 g/mol. The van der Waals surface area contributed by atoms with Crippen molar-refractivity contribution >= 4 is 16.8 Å². The molecule has 22 heavy (non-hydrogen) atoms. The van der Waals surface area contributed by atoms with Gasteiger partial charge in [-0.05, 0) is 45.2 Å². The molecule has 1 aliphatic heterocycles. The number of benzene rings is 1. The molecule has 4 heteroatoms. The van der Waals surface area contributed by atoms with Crippen LogP contribution in [0.3, 0.4) is 0 Å². The van der Waals surface area contributed by atoms with E-state index in [2.05, 4.69) is 35.1 Å². The summed E-state index contributed by atoms with van der Waals surface area (Å²) in [6, 6.07) is 8.94. The highest BCUT2D eigenvalue weighted by atomic mass is 16.1. The van der Waals surface area contributed by atoms with Crippen LogP contribution in [-0.4, -0.2) is 41.0 Å². The maximum absolute atomic E-state index is 12.6. The third kappa shape index (κ3) is 2.88. The van der Waals surface area contributed by atoms with E-state index in [1.807, 2.05) is 25.1 Å². The fraction of sp³-hybridized carbons (Fsp3) is 0.500. The molecule has 3 rings (SSSR count). The highest BCUT2D eigenvalue weighted by molar-refractivity contribution is 6.00. The summed E-state index contributed by atoms with van der Waals surface area (Å²) >= 11 is 0. The van der Waals surface area contributed by atoms with Crippen molar-refractivity contribution in [1.82, 2.24) is 15.2 Å². The van der Waals surface area contributed by atoms with Gasteiger partial charge >= 0.3 is 0 Å². The number of aromatic nitrogens is 1. The quantitative estimate of drug-likeness (QED) is 0.915. The average molecular weight is 299 g/mol. The largest absolute Gasteiger partial charge is 0.350 e. The highest BCUT2D eigenvalue weighted by Gasteiger charge is 2.23. The number of carbonyl (C=O) groups excluding carboxylic acids is 1. The van der Waals surface area contributed by atoms with Gasteiger partial charge in [0.25, 0.3) is 5.91 Å². The fourth-order valence-electron chi connectivity index (χ4n) is 3.33. The molecule has 4 nitrogen and oxygen atoms in total. The van der Waals surface area contributed by atoms with Crippen LogP contribution in [0, 0.1) is 6.92 Å². The molecule has 0 unspecified atom stereocenters. The third-order valence-electron chi connectivity index (χ3n) is 4.79. The van der Waals surface area contributed by atoms with Crippen LogP contribution in [0.25, 0.3) is 10.9 Å². The first-order chi connectivity index (χ1) is 10.6. The zero-order chi connectivity index (χ0) is 15.7. The molecule has 0 bridgehead atoms. The van der Waals surface area contributed by atoms with Gasteiger partial charge in [-0.3, -0.25) is 4.79 Å². The Hall–Kier alpha value is -1.81. The van der Waals surface area contributed by atoms with Crippen molar-refractivity contribution in [3.8, 4) is 0 Å². The first-order valence-corrected chi connectivity index (χ1v) is 8.18. The molecule has 1 saturated heterocycles. The van der Waals surface area contributed by atoms with Crippen molar-refractivity contribution in [2.24, 2.45) is 0 Å². The Morgan fingerprint density at radius 1 is 1.27 bits per heavy atom. The Balaban J connectivity index is 1.68. The number of H-pyrrole nitrogens is 1. The number of carbonyl (C=O) groups is 1. The summed E-state index contributed by atoms with van der Waals surface area (Å²) < 4.78 is 0. The van der Waals surface area contributed by atoms with Crippen molar-refractivity contribution in [3.05, 3.63) is 35.5 Å². The first kappa shape index (κ1) is 15.1. The number of likely N-dealkylation sites (tertiary alicyclic amines) is 1. The van der Waals surface area contributed by atoms with Gasteiger partial charge in [0.2, 0.25) is 0 Å². The summed E-state index contributed by atoms with van der Waals surface area (Å²) in [7, 11) is 0. The van der Waals surface area contributed by atoms with E-state index in [0.717, 1.165) is 42.4 Å². The van der Waals surface area contributed by atoms with Crippen molar-refractivity contribution in [2.45, 2.75) is 45.7 Å². The molecule has 0 atom stereocenters. The molecule has 1 fully saturated rings. The fourth-order valence-corrected chi connectivity index (χ4v) is 3.33. The number of hydrogen-bond donors (Lipinski definition) is 2. The molecule has 1 aliphatic rings. The lowest BCUT2D eigenvalue weighted by Gasteiger charge is -2.34. The zero-order valence-corrected chi connectivity index (χ0v) is 13.6. The maximum Gasteiger partial charge on any atom is 0.268 e. The van der Waals surface area contributed by atoms with Gasteiger partial charge in [-0.15, -0.1) is 0 Å². The minimum atomic E-state index is 0.0247. The molecule has 0 saturated carbocycles. The molecule has 1 aromatic carbocycles. The topological polar surface area (TPSA) is 48.1 Å². The molecule has 2 N–H and O–H groups in total. The second kappa shape index (κ2) is 6.13. The second-order valence-corrected chi connectivity index (χ2v) is 6.55. The number of rotatable bonds is 3. The van der Waals surface area contributed by atoms with Gasteiger partial charge < -0.3 is 15.2 Å². The van der Waals surface area contributed by atoms with Crippen LogP contribution < -0.4 is 5.32 Å². The van der Waals surface area contributed by atoms with Crippen LogP contribution >= 0.6 is 0 Å². The lowest BCUT2D eigenvalue weighted by Crippen LogP contribution is -2.46. The van der Waals surface area contributed by atoms with Gasteiger partial charge in [0.1, 0.15) is 5.69 Å². The van der Waals surface area contributed by atoms with E-state index in [0.29, 0.717) is 11.7 Å². The van der Waals surface area contributed by atoms with Crippen molar-refractivity contribution in [1.29, 1.82) is 0 Å². The van der Waals surface area contributed by atoms with Crippen molar-refractivity contribution in [2.75, 3.05) is 13.1 Å². The van der Waals surface area contributed by atoms with E-state index < -0.39 is 0 Å². The van der Waals surface area contributed by atoms with Crippen molar-refractivity contribution in [3.63, 3.8) is 0 Å². The van der Waals surface area contributed by atoms with Gasteiger partial charge in [0, 0.05) is 36.1 Å². The van der Waals surface area contributed by atoms with Gasteiger partial charge in [0.15, 0.2) is 0 Å². The van der Waals surface area contributed by atoms with E-state index in [1.54, 1.807) is 0 Å². The molecule has 118 valence electrons. The maximum atomic E-state index is 12.6. The number of hydrogen-bond acceptors (Lipinski definition) is 2. The van der Waals surface area contributed by atoms with Gasteiger partial charge in [-0.25, -0.2) is 0 Å². The van der Waals surface area contributed by atoms with Crippen LogP contribution in [0.4, 0.5) is 0 Å². The lowest BCUT2D eigenvalue weighted by molar-refractivity contribution is 0.0896. The Morgan fingerprint density at radius 3 is 2.59 bits per heavy atom. The number of aromatic amines is 1. The predicted molar refractivity (Wildman–Crippen MR) is 90.2 cm³/mol. The minimum absolute atomic E-state index is 0.0247. The number of amides is 1. The summed E-state index contributed by atoms with van der Waals surface area (Å²) in [5.74, 6) is 0.0247. The normalized spacial score (nSPS) is 17.3. The number of fused-ring (bicyclic) bond motifs is 1. The number of nitrogens with one attached hydrogen (secondary N) is 2. The Morgan fingerprint density at radius 2 is 1.95 bits per heavy atom. The van der Waals surface area contributed by atoms with Crippen LogP contribution in [0.2, 0.25) is 0 Å². The van der Waals surface area contributed by atoms with Crippen LogP contribution in [0.15, 0.2) is 24.3 Å². The smallest absolute Gasteiger partial charge is 0.268 e. The predicted octanol–water partition coefficient (Wildman–Crippen LogP) is 3.08. The molecular formula is C18H25N3O. The van der Waals surface area contributed by atoms with Crippen molar-refractivity contribution < 1.29 is 4.79 Å². The monoisotopic (exact) mass is 299 g/mol. The number of aryl methyl sites for hydroxylation is 1. The van der Waals surface area contributed by atoms with Crippen LogP contribution in [-0.2, 0) is 0 Å². The molecule has 2 aromatic rings. The Labute approximate surface area is 131 Å². The summed E-state index contributed by atoms with van der Waals surface area (Å²) in [6.45, 7) is 8.59. The van der Waals surface area contributed by atoms with Gasteiger partial charge in [-0.2, -0.15) is 0 Å². The van der Waals surface area contributed by atoms with E-state index in [1.165, 1.54) is 0 Å². The van der Waals surface area contributed by atoms with E-state index in [9.17, 15) is 4.79 Å². The lowest BCUT2D eigenvalue weighted by atomic mass is 10.0. The molecule has 1 amide bonds. The summed E-state index contributed by atoms with van der Waals surface area (Å²) in [5.41, 5.74) is 2.76. The molecule has 0 radical (unpaired) electrons. The molecule has 2 heterocycles. The van der Waals surface area contributed by atoms with E-state index >= 15 is 0 Å². The number of nitrogens with zero attached hydrogens (tertiary/aromatic N) is 1. The highest BCUT2D eigenvalue weighted by Crippen LogP contribution is 2.22. The van der Waals surface area contributed by atoms with E-state index in [-0.39, 0.29) is 11.9 Å². The summed E-state index contributed by atoms with van der Waals surface area (Å²) in [5, 5.41) is 4.33. The zero-order valence-electron chi connectivity index (χ0n) is 13.6. The minimum Gasteiger partial charge on any atom is -0.350 e. The first-order valence-electron chi connectivity index (χ1n) is 8.18. The Bertz CT molecular complexity index is 666. The second-order valence-electron chi connectivity index (χ2n) is 6.55. The van der Waals surface area contributed by atoms with Crippen LogP contribution in [0.1, 0.15) is 42.7 Å². The summed E-state index contributed by atoms with van der Waals surface area (Å²) in [4.78, 5) is 18.3.